The number of amides is 1. The Morgan fingerprint density at radius 3 is 2.90 bits per heavy atom. The van der Waals surface area contributed by atoms with Crippen LogP contribution in [0.4, 0.5) is 0 Å². The molecule has 2 heterocycles. The predicted octanol–water partition coefficient (Wildman–Crippen LogP) is 2.57. The summed E-state index contributed by atoms with van der Waals surface area (Å²) >= 11 is 1.31. The normalized spacial score (nSPS) is 11.1. The van der Waals surface area contributed by atoms with Crippen LogP contribution in [0.2, 0.25) is 0 Å². The molecule has 1 atom stereocenters. The minimum absolute atomic E-state index is 0. The molecular weight excluding hydrogens is 321 g/mol. The number of rotatable bonds is 5. The molecule has 2 aromatic rings. The summed E-state index contributed by atoms with van der Waals surface area (Å²) in [6, 6.07) is 3.61. The number of aromatic nitrogens is 1. The van der Waals surface area contributed by atoms with Crippen LogP contribution in [0.5, 0.6) is 0 Å². The van der Waals surface area contributed by atoms with E-state index in [2.05, 4.69) is 10.3 Å². The van der Waals surface area contributed by atoms with Gasteiger partial charge in [0.25, 0.3) is 5.91 Å². The quantitative estimate of drug-likeness (QED) is 0.878. The number of nitrogens with two attached hydrogens (primary N) is 1. The number of nitrogens with zero attached hydrogens (tertiary/aromatic N) is 1. The lowest BCUT2D eigenvalue weighted by molar-refractivity contribution is 0.0952. The Bertz CT molecular complexity index is 517. The van der Waals surface area contributed by atoms with E-state index in [1.165, 1.54) is 11.3 Å². The van der Waals surface area contributed by atoms with E-state index in [9.17, 15) is 4.79 Å². The molecule has 2 aromatic heterocycles. The van der Waals surface area contributed by atoms with Gasteiger partial charge in [-0.25, -0.2) is 4.98 Å². The van der Waals surface area contributed by atoms with Crippen LogP contribution in [0.25, 0.3) is 10.8 Å². The molecule has 1 unspecified atom stereocenters. The molecule has 0 saturated heterocycles. The van der Waals surface area contributed by atoms with Crippen molar-refractivity contribution in [3.8, 4) is 10.8 Å². The van der Waals surface area contributed by atoms with E-state index in [0.29, 0.717) is 28.7 Å². The maximum Gasteiger partial charge on any atom is 0.263 e. The Labute approximate surface area is 133 Å². The van der Waals surface area contributed by atoms with Crippen molar-refractivity contribution in [3.63, 3.8) is 0 Å². The summed E-state index contributed by atoms with van der Waals surface area (Å²) in [6.07, 6.45) is 3.14. The first-order valence-electron chi connectivity index (χ1n) is 5.68. The van der Waals surface area contributed by atoms with Crippen molar-refractivity contribution in [3.05, 3.63) is 29.5 Å². The number of hydrogen-bond acceptors (Lipinski definition) is 5. The largest absolute Gasteiger partial charge is 0.462 e. The molecule has 0 bridgehead atoms. The number of halogens is 2. The zero-order valence-corrected chi connectivity index (χ0v) is 13.3. The monoisotopic (exact) mass is 337 g/mol. The van der Waals surface area contributed by atoms with Gasteiger partial charge in [-0.2, -0.15) is 0 Å². The van der Waals surface area contributed by atoms with Crippen molar-refractivity contribution >= 4 is 42.1 Å². The predicted molar refractivity (Wildman–Crippen MR) is 84.9 cm³/mol. The number of furan rings is 1. The average molecular weight is 338 g/mol. The van der Waals surface area contributed by atoms with Gasteiger partial charge >= 0.3 is 0 Å². The molecule has 2 rings (SSSR count). The molecule has 0 aliphatic carbocycles. The third kappa shape index (κ3) is 4.79. The highest BCUT2D eigenvalue weighted by Crippen LogP contribution is 2.25. The molecule has 0 saturated carbocycles. The standard InChI is InChI=1S/C12H15N3O2S.2ClH/c1-8(5-13)6-14-11(16)10-7-15-12(18-10)9-3-2-4-17-9;;/h2-4,7-8H,5-6,13H2,1H3,(H,14,16);2*1H. The molecule has 0 fully saturated rings. The Morgan fingerprint density at radius 1 is 1.55 bits per heavy atom. The summed E-state index contributed by atoms with van der Waals surface area (Å²) in [5, 5.41) is 3.53. The average Bonchev–Trinajstić information content (AvgIpc) is 3.04. The molecule has 5 nitrogen and oxygen atoms in total. The summed E-state index contributed by atoms with van der Waals surface area (Å²) < 4.78 is 5.23. The fourth-order valence-electron chi connectivity index (χ4n) is 1.33. The molecule has 1 amide bonds. The van der Waals surface area contributed by atoms with Crippen LogP contribution in [-0.2, 0) is 0 Å². The lowest BCUT2D eigenvalue weighted by atomic mass is 10.2. The molecule has 0 aromatic carbocycles. The van der Waals surface area contributed by atoms with Gasteiger partial charge in [0, 0.05) is 6.54 Å². The van der Waals surface area contributed by atoms with E-state index in [1.807, 2.05) is 13.0 Å². The van der Waals surface area contributed by atoms with E-state index >= 15 is 0 Å². The SMILES string of the molecule is CC(CN)CNC(=O)c1cnc(-c2ccco2)s1.Cl.Cl. The summed E-state index contributed by atoms with van der Waals surface area (Å²) in [6.45, 7) is 3.12. The van der Waals surface area contributed by atoms with Crippen molar-refractivity contribution < 1.29 is 9.21 Å². The van der Waals surface area contributed by atoms with Gasteiger partial charge in [0.1, 0.15) is 4.88 Å². The van der Waals surface area contributed by atoms with Gasteiger partial charge in [-0.05, 0) is 24.6 Å². The van der Waals surface area contributed by atoms with Crippen LogP contribution in [0.3, 0.4) is 0 Å². The third-order valence-electron chi connectivity index (χ3n) is 2.47. The molecular formula is C12H17Cl2N3O2S. The minimum atomic E-state index is -0.120. The lowest BCUT2D eigenvalue weighted by Gasteiger charge is -2.08. The molecule has 3 N–H and O–H groups in total. The second-order valence-electron chi connectivity index (χ2n) is 4.06. The van der Waals surface area contributed by atoms with Crippen molar-refractivity contribution in [2.45, 2.75) is 6.92 Å². The lowest BCUT2D eigenvalue weighted by Crippen LogP contribution is -2.30. The van der Waals surface area contributed by atoms with Crippen molar-refractivity contribution in [2.24, 2.45) is 11.7 Å². The second kappa shape index (κ2) is 8.97. The molecule has 0 aliphatic rings. The van der Waals surface area contributed by atoms with Crippen LogP contribution in [0.1, 0.15) is 16.6 Å². The first-order chi connectivity index (χ1) is 8.70. The smallest absolute Gasteiger partial charge is 0.263 e. The van der Waals surface area contributed by atoms with E-state index in [4.69, 9.17) is 10.2 Å². The van der Waals surface area contributed by atoms with Crippen LogP contribution >= 0.6 is 36.2 Å². The van der Waals surface area contributed by atoms with Crippen molar-refractivity contribution in [1.82, 2.24) is 10.3 Å². The summed E-state index contributed by atoms with van der Waals surface area (Å²) in [7, 11) is 0. The number of carbonyl (C=O) groups excluding carboxylic acids is 1. The summed E-state index contributed by atoms with van der Waals surface area (Å²) in [4.78, 5) is 16.6. The van der Waals surface area contributed by atoms with Gasteiger partial charge in [-0.3, -0.25) is 4.79 Å². The van der Waals surface area contributed by atoms with E-state index in [-0.39, 0.29) is 36.6 Å². The van der Waals surface area contributed by atoms with Gasteiger partial charge in [-0.1, -0.05) is 6.92 Å². The summed E-state index contributed by atoms with van der Waals surface area (Å²) in [5.74, 6) is 0.825. The number of carbonyl (C=O) groups is 1. The Balaban J connectivity index is 0.00000180. The number of nitrogens with one attached hydrogen (secondary N) is 1. The van der Waals surface area contributed by atoms with Gasteiger partial charge in [0.15, 0.2) is 10.8 Å². The highest BCUT2D eigenvalue weighted by atomic mass is 35.5. The van der Waals surface area contributed by atoms with Gasteiger partial charge in [0.2, 0.25) is 0 Å². The highest BCUT2D eigenvalue weighted by molar-refractivity contribution is 7.16. The number of thiazole rings is 1. The van der Waals surface area contributed by atoms with Gasteiger partial charge in [0.05, 0.1) is 12.5 Å². The first kappa shape index (κ1) is 18.9. The maximum atomic E-state index is 11.8. The molecule has 112 valence electrons. The fourth-order valence-corrected chi connectivity index (χ4v) is 2.13. The molecule has 8 heteroatoms. The Hall–Kier alpha value is -1.08. The van der Waals surface area contributed by atoms with E-state index in [1.54, 1.807) is 18.5 Å². The van der Waals surface area contributed by atoms with Gasteiger partial charge < -0.3 is 15.5 Å². The molecule has 0 spiro atoms. The van der Waals surface area contributed by atoms with Crippen LogP contribution < -0.4 is 11.1 Å². The minimum Gasteiger partial charge on any atom is -0.462 e. The fraction of sp³-hybridized carbons (Fsp3) is 0.333. The zero-order valence-electron chi connectivity index (χ0n) is 10.9. The van der Waals surface area contributed by atoms with Gasteiger partial charge in [-0.15, -0.1) is 36.2 Å². The topological polar surface area (TPSA) is 81.1 Å². The van der Waals surface area contributed by atoms with Crippen LogP contribution in [0, 0.1) is 5.92 Å². The Kier molecular flexibility index (Phi) is 8.48. The third-order valence-corrected chi connectivity index (χ3v) is 3.49. The van der Waals surface area contributed by atoms with E-state index < -0.39 is 0 Å². The van der Waals surface area contributed by atoms with Crippen molar-refractivity contribution in [2.75, 3.05) is 13.1 Å². The van der Waals surface area contributed by atoms with Crippen LogP contribution in [-0.4, -0.2) is 24.0 Å². The maximum absolute atomic E-state index is 11.8. The second-order valence-corrected chi connectivity index (χ2v) is 5.09. The zero-order chi connectivity index (χ0) is 13.0. The van der Waals surface area contributed by atoms with E-state index in [0.717, 1.165) is 0 Å². The van der Waals surface area contributed by atoms with Crippen LogP contribution in [0.15, 0.2) is 29.0 Å². The molecule has 0 radical (unpaired) electrons. The van der Waals surface area contributed by atoms with Crippen molar-refractivity contribution in [1.29, 1.82) is 0 Å². The first-order valence-corrected chi connectivity index (χ1v) is 6.50. The highest BCUT2D eigenvalue weighted by Gasteiger charge is 2.13. The summed E-state index contributed by atoms with van der Waals surface area (Å²) in [5.41, 5.74) is 5.49. The molecule has 0 aliphatic heterocycles. The molecule has 20 heavy (non-hydrogen) atoms. The Morgan fingerprint density at radius 2 is 2.30 bits per heavy atom. The number of hydrogen-bond donors (Lipinski definition) is 2.